The molecule has 1 saturated heterocycles. The second-order valence-electron chi connectivity index (χ2n) is 7.70. The van der Waals surface area contributed by atoms with Crippen LogP contribution in [0.1, 0.15) is 39.2 Å². The van der Waals surface area contributed by atoms with Gasteiger partial charge in [0.25, 0.3) is 0 Å². The topological polar surface area (TPSA) is 60.5 Å². The van der Waals surface area contributed by atoms with Crippen molar-refractivity contribution >= 4 is 21.9 Å². The summed E-state index contributed by atoms with van der Waals surface area (Å²) in [5.41, 5.74) is 0.431. The van der Waals surface area contributed by atoms with Crippen molar-refractivity contribution < 1.29 is 14.3 Å². The summed E-state index contributed by atoms with van der Waals surface area (Å²) >= 11 is 3.36. The van der Waals surface area contributed by atoms with Crippen LogP contribution in [0, 0.1) is 5.41 Å². The molecule has 2 heterocycles. The molecule has 0 atom stereocenters. The molecule has 1 saturated carbocycles. The van der Waals surface area contributed by atoms with Crippen LogP contribution < -0.4 is 5.32 Å². The average molecular weight is 383 g/mol. The van der Waals surface area contributed by atoms with Crippen molar-refractivity contribution in [3.05, 3.63) is 28.5 Å². The molecule has 0 unspecified atom stereocenters. The molecule has 23 heavy (non-hydrogen) atoms. The van der Waals surface area contributed by atoms with E-state index < -0.39 is 11.2 Å². The molecule has 2 fully saturated rings. The Morgan fingerprint density at radius 3 is 2.52 bits per heavy atom. The number of nitrogens with zero attached hydrogens (tertiary/aromatic N) is 1. The first-order chi connectivity index (χ1) is 10.7. The molecule has 126 valence electrons. The van der Waals surface area contributed by atoms with Crippen LogP contribution in [0.25, 0.3) is 0 Å². The smallest absolute Gasteiger partial charge is 0.332 e. The number of esters is 1. The second kappa shape index (κ2) is 5.83. The third-order valence-electron chi connectivity index (χ3n) is 4.46. The monoisotopic (exact) mass is 382 g/mol. The molecular weight excluding hydrogens is 360 g/mol. The Labute approximate surface area is 145 Å². The minimum Gasteiger partial charge on any atom is -0.458 e. The Balaban J connectivity index is 1.70. The predicted molar refractivity (Wildman–Crippen MR) is 89.9 cm³/mol. The SMILES string of the molecule is CC(C)(C)OC(=O)COC1(c2ccc(Br)nc2)CC2(CNC2)C1. The number of halogens is 1. The summed E-state index contributed by atoms with van der Waals surface area (Å²) in [5.74, 6) is -0.324. The first-order valence-electron chi connectivity index (χ1n) is 7.91. The van der Waals surface area contributed by atoms with Crippen LogP contribution in [0.15, 0.2) is 22.9 Å². The van der Waals surface area contributed by atoms with Gasteiger partial charge in [-0.15, -0.1) is 0 Å². The van der Waals surface area contributed by atoms with Crippen molar-refractivity contribution in [1.29, 1.82) is 0 Å². The van der Waals surface area contributed by atoms with E-state index in [1.807, 2.05) is 39.1 Å². The van der Waals surface area contributed by atoms with Gasteiger partial charge in [-0.25, -0.2) is 9.78 Å². The largest absolute Gasteiger partial charge is 0.458 e. The van der Waals surface area contributed by atoms with Crippen LogP contribution in [0.5, 0.6) is 0 Å². The van der Waals surface area contributed by atoms with Gasteiger partial charge in [0.1, 0.15) is 16.8 Å². The normalized spacial score (nSPS) is 21.4. The highest BCUT2D eigenvalue weighted by molar-refractivity contribution is 9.10. The summed E-state index contributed by atoms with van der Waals surface area (Å²) in [5, 5.41) is 3.33. The number of carbonyl (C=O) groups is 1. The third kappa shape index (κ3) is 3.59. The van der Waals surface area contributed by atoms with Crippen LogP contribution in [0.3, 0.4) is 0 Å². The number of nitrogens with one attached hydrogen (secondary N) is 1. The Morgan fingerprint density at radius 1 is 1.35 bits per heavy atom. The lowest BCUT2D eigenvalue weighted by Gasteiger charge is -2.60. The van der Waals surface area contributed by atoms with Crippen LogP contribution in [-0.2, 0) is 19.9 Å². The molecule has 0 bridgehead atoms. The lowest BCUT2D eigenvalue weighted by Crippen LogP contribution is -2.66. The van der Waals surface area contributed by atoms with Crippen molar-refractivity contribution in [1.82, 2.24) is 10.3 Å². The summed E-state index contributed by atoms with van der Waals surface area (Å²) in [6.45, 7) is 7.59. The standard InChI is InChI=1S/C17H23BrN2O3/c1-15(2,3)23-14(21)7-22-17(8-16(9-17)10-19-11-16)12-4-5-13(18)20-6-12/h4-6,19H,7-11H2,1-3H3. The van der Waals surface area contributed by atoms with E-state index in [4.69, 9.17) is 9.47 Å². The molecule has 0 amide bonds. The lowest BCUT2D eigenvalue weighted by atomic mass is 9.54. The van der Waals surface area contributed by atoms with Crippen LogP contribution in [0.4, 0.5) is 0 Å². The van der Waals surface area contributed by atoms with Crippen molar-refractivity contribution in [2.75, 3.05) is 19.7 Å². The molecule has 1 aromatic rings. The van der Waals surface area contributed by atoms with Crippen molar-refractivity contribution in [3.63, 3.8) is 0 Å². The van der Waals surface area contributed by atoms with Gasteiger partial charge < -0.3 is 14.8 Å². The molecule has 2 aliphatic rings. The molecule has 1 aromatic heterocycles. The van der Waals surface area contributed by atoms with E-state index in [0.717, 1.165) is 36.1 Å². The summed E-state index contributed by atoms with van der Waals surface area (Å²) < 4.78 is 12.2. The Morgan fingerprint density at radius 2 is 2.04 bits per heavy atom. The van der Waals surface area contributed by atoms with E-state index in [2.05, 4.69) is 26.2 Å². The first kappa shape index (κ1) is 16.9. The number of carbonyl (C=O) groups excluding carboxylic acids is 1. The van der Waals surface area contributed by atoms with E-state index in [9.17, 15) is 4.79 Å². The minimum atomic E-state index is -0.495. The van der Waals surface area contributed by atoms with Gasteiger partial charge in [-0.1, -0.05) is 6.07 Å². The highest BCUT2D eigenvalue weighted by Crippen LogP contribution is 2.58. The van der Waals surface area contributed by atoms with Gasteiger partial charge in [0.2, 0.25) is 0 Å². The maximum absolute atomic E-state index is 12.0. The van der Waals surface area contributed by atoms with Crippen LogP contribution >= 0.6 is 15.9 Å². The molecular formula is C17H23BrN2O3. The second-order valence-corrected chi connectivity index (χ2v) is 8.51. The number of aromatic nitrogens is 1. The molecule has 0 aromatic carbocycles. The fourth-order valence-corrected chi connectivity index (χ4v) is 3.73. The Hall–Kier alpha value is -0.980. The number of pyridine rings is 1. The summed E-state index contributed by atoms with van der Waals surface area (Å²) in [4.78, 5) is 16.3. The Bertz CT molecular complexity index is 583. The first-order valence-corrected chi connectivity index (χ1v) is 8.70. The zero-order chi connectivity index (χ0) is 16.7. The van der Waals surface area contributed by atoms with Gasteiger partial charge >= 0.3 is 5.97 Å². The molecule has 1 spiro atoms. The molecule has 5 nitrogen and oxygen atoms in total. The van der Waals surface area contributed by atoms with E-state index >= 15 is 0 Å². The predicted octanol–water partition coefficient (Wildman–Crippen LogP) is 2.78. The molecule has 1 aliphatic heterocycles. The van der Waals surface area contributed by atoms with Crippen molar-refractivity contribution in [3.8, 4) is 0 Å². The van der Waals surface area contributed by atoms with Gasteiger partial charge in [-0.2, -0.15) is 0 Å². The fourth-order valence-electron chi connectivity index (χ4n) is 3.49. The Kier molecular flexibility index (Phi) is 4.27. The highest BCUT2D eigenvalue weighted by atomic mass is 79.9. The van der Waals surface area contributed by atoms with Gasteiger partial charge in [-0.05, 0) is 55.6 Å². The maximum Gasteiger partial charge on any atom is 0.332 e. The maximum atomic E-state index is 12.0. The highest BCUT2D eigenvalue weighted by Gasteiger charge is 2.59. The summed E-state index contributed by atoms with van der Waals surface area (Å²) in [6, 6.07) is 3.93. The summed E-state index contributed by atoms with van der Waals surface area (Å²) in [7, 11) is 0. The third-order valence-corrected chi connectivity index (χ3v) is 4.93. The van der Waals surface area contributed by atoms with Gasteiger partial charge in [0.05, 0.1) is 5.60 Å². The summed E-state index contributed by atoms with van der Waals surface area (Å²) in [6.07, 6.45) is 3.66. The number of hydrogen-bond acceptors (Lipinski definition) is 5. The number of rotatable bonds is 4. The van der Waals surface area contributed by atoms with Crippen molar-refractivity contribution in [2.24, 2.45) is 5.41 Å². The minimum absolute atomic E-state index is 0.0309. The lowest BCUT2D eigenvalue weighted by molar-refractivity contribution is -0.206. The van der Waals surface area contributed by atoms with Crippen LogP contribution in [0.2, 0.25) is 0 Å². The molecule has 1 N–H and O–H groups in total. The zero-order valence-corrected chi connectivity index (χ0v) is 15.4. The van der Waals surface area contributed by atoms with E-state index in [1.54, 1.807) is 0 Å². The van der Waals surface area contributed by atoms with Gasteiger partial charge in [0.15, 0.2) is 0 Å². The molecule has 1 aliphatic carbocycles. The molecule has 3 rings (SSSR count). The zero-order valence-electron chi connectivity index (χ0n) is 13.8. The molecule has 0 radical (unpaired) electrons. The van der Waals surface area contributed by atoms with E-state index in [-0.39, 0.29) is 12.6 Å². The van der Waals surface area contributed by atoms with E-state index in [0.29, 0.717) is 5.41 Å². The molecule has 6 heteroatoms. The fraction of sp³-hybridized carbons (Fsp3) is 0.647. The number of hydrogen-bond donors (Lipinski definition) is 1. The van der Waals surface area contributed by atoms with Crippen molar-refractivity contribution in [2.45, 2.75) is 44.8 Å². The van der Waals surface area contributed by atoms with Crippen LogP contribution in [-0.4, -0.2) is 36.3 Å². The van der Waals surface area contributed by atoms with Gasteiger partial charge in [0, 0.05) is 30.3 Å². The quantitative estimate of drug-likeness (QED) is 0.640. The van der Waals surface area contributed by atoms with Gasteiger partial charge in [-0.3, -0.25) is 0 Å². The number of ether oxygens (including phenoxy) is 2. The average Bonchev–Trinajstić information content (AvgIpc) is 2.35. The van der Waals surface area contributed by atoms with E-state index in [1.165, 1.54) is 0 Å².